The van der Waals surface area contributed by atoms with Gasteiger partial charge in [0.2, 0.25) is 0 Å². The summed E-state index contributed by atoms with van der Waals surface area (Å²) in [6, 6.07) is 50.8. The van der Waals surface area contributed by atoms with Gasteiger partial charge in [0.15, 0.2) is 0 Å². The van der Waals surface area contributed by atoms with E-state index in [9.17, 15) is 0 Å². The smallest absolute Gasteiger partial charge is 0.143 e. The molecule has 0 saturated carbocycles. The molecule has 0 amide bonds. The van der Waals surface area contributed by atoms with E-state index in [-0.39, 0.29) is 5.41 Å². The van der Waals surface area contributed by atoms with Gasteiger partial charge in [-0.1, -0.05) is 121 Å². The first-order valence-electron chi connectivity index (χ1n) is 14.3. The molecule has 0 N–H and O–H groups in total. The van der Waals surface area contributed by atoms with E-state index in [0.29, 0.717) is 0 Å². The highest BCUT2D eigenvalue weighted by Gasteiger charge is 2.41. The Bertz CT molecular complexity index is 2190. The predicted molar refractivity (Wildman–Crippen MR) is 170 cm³/mol. The van der Waals surface area contributed by atoms with Gasteiger partial charge in [-0.25, -0.2) is 0 Å². The summed E-state index contributed by atoms with van der Waals surface area (Å²) < 4.78 is 6.71. The Morgan fingerprint density at radius 3 is 2.17 bits per heavy atom. The summed E-state index contributed by atoms with van der Waals surface area (Å²) in [5.74, 6) is 1.85. The van der Waals surface area contributed by atoms with E-state index in [4.69, 9.17) is 4.74 Å². The largest absolute Gasteiger partial charge is 0.455 e. The second-order valence-corrected chi connectivity index (χ2v) is 11.4. The van der Waals surface area contributed by atoms with Crippen molar-refractivity contribution in [3.63, 3.8) is 0 Å². The van der Waals surface area contributed by atoms with Crippen LogP contribution in [-0.2, 0) is 5.41 Å². The van der Waals surface area contributed by atoms with Crippen LogP contribution < -0.4 is 4.74 Å². The van der Waals surface area contributed by atoms with Gasteiger partial charge in [0.05, 0.1) is 0 Å². The standard InChI is InChI=1S/C40H26O/c1-40(28-12-3-2-4-13-28)34-23-20-25-10-5-6-14-29(25)38(34)33-22-19-27(24-35(33)40)30-21-18-26-11-9-16-32-31-15-7-8-17-36(31)41-39(30)37(26)32/h2-24H,1H3. The van der Waals surface area contributed by atoms with Crippen LogP contribution in [0.5, 0.6) is 11.5 Å². The fourth-order valence-electron chi connectivity index (χ4n) is 7.34. The van der Waals surface area contributed by atoms with Gasteiger partial charge >= 0.3 is 0 Å². The lowest BCUT2D eigenvalue weighted by Crippen LogP contribution is -2.22. The minimum atomic E-state index is -0.279. The molecule has 0 radical (unpaired) electrons. The number of ether oxygens (including phenoxy) is 1. The maximum absolute atomic E-state index is 6.71. The number of para-hydroxylation sites is 1. The van der Waals surface area contributed by atoms with Gasteiger partial charge < -0.3 is 4.74 Å². The lowest BCUT2D eigenvalue weighted by molar-refractivity contribution is 0.489. The van der Waals surface area contributed by atoms with E-state index < -0.39 is 0 Å². The lowest BCUT2D eigenvalue weighted by atomic mass is 9.73. The Balaban J connectivity index is 1.33. The highest BCUT2D eigenvalue weighted by atomic mass is 16.5. The van der Waals surface area contributed by atoms with Crippen LogP contribution in [0.25, 0.3) is 54.9 Å². The summed E-state index contributed by atoms with van der Waals surface area (Å²) in [6.45, 7) is 2.39. The van der Waals surface area contributed by atoms with E-state index >= 15 is 0 Å². The number of hydrogen-bond acceptors (Lipinski definition) is 1. The summed E-state index contributed by atoms with van der Waals surface area (Å²) in [6.07, 6.45) is 0. The van der Waals surface area contributed by atoms with Gasteiger partial charge in [0.25, 0.3) is 0 Å². The van der Waals surface area contributed by atoms with Crippen LogP contribution in [0.4, 0.5) is 0 Å². The van der Waals surface area contributed by atoms with Crippen molar-refractivity contribution in [3.8, 4) is 44.9 Å². The third kappa shape index (κ3) is 3.01. The minimum Gasteiger partial charge on any atom is -0.455 e. The molecule has 9 rings (SSSR count). The molecule has 1 unspecified atom stereocenters. The number of fused-ring (bicyclic) bond motifs is 7. The van der Waals surface area contributed by atoms with Crippen LogP contribution in [0.15, 0.2) is 140 Å². The van der Waals surface area contributed by atoms with Crippen LogP contribution >= 0.6 is 0 Å². The van der Waals surface area contributed by atoms with Gasteiger partial charge in [-0.05, 0) is 80.2 Å². The van der Waals surface area contributed by atoms with E-state index in [2.05, 4.69) is 146 Å². The average Bonchev–Trinajstić information content (AvgIpc) is 3.30. The molecule has 41 heavy (non-hydrogen) atoms. The second-order valence-electron chi connectivity index (χ2n) is 11.4. The van der Waals surface area contributed by atoms with Gasteiger partial charge in [-0.3, -0.25) is 0 Å². The first-order valence-corrected chi connectivity index (χ1v) is 14.3. The first-order chi connectivity index (χ1) is 20.2. The molecule has 0 saturated heterocycles. The quantitative estimate of drug-likeness (QED) is 0.219. The van der Waals surface area contributed by atoms with Crippen LogP contribution in [0.3, 0.4) is 0 Å². The molecule has 2 aliphatic rings. The van der Waals surface area contributed by atoms with Crippen LogP contribution in [-0.4, -0.2) is 0 Å². The number of benzene rings is 7. The van der Waals surface area contributed by atoms with Crippen molar-refractivity contribution in [2.24, 2.45) is 0 Å². The zero-order valence-electron chi connectivity index (χ0n) is 22.7. The lowest BCUT2D eigenvalue weighted by Gasteiger charge is -2.29. The van der Waals surface area contributed by atoms with Crippen molar-refractivity contribution in [2.75, 3.05) is 0 Å². The van der Waals surface area contributed by atoms with Crippen molar-refractivity contribution in [1.29, 1.82) is 0 Å². The molecule has 192 valence electrons. The summed E-state index contributed by atoms with van der Waals surface area (Å²) in [5.41, 5.74) is 11.1. The van der Waals surface area contributed by atoms with Gasteiger partial charge in [-0.15, -0.1) is 0 Å². The molecule has 0 bridgehead atoms. The van der Waals surface area contributed by atoms with Crippen LogP contribution in [0.2, 0.25) is 0 Å². The van der Waals surface area contributed by atoms with Crippen LogP contribution in [0.1, 0.15) is 23.6 Å². The molecule has 0 fully saturated rings. The maximum Gasteiger partial charge on any atom is 0.143 e. The molecule has 1 heterocycles. The summed E-state index contributed by atoms with van der Waals surface area (Å²) in [4.78, 5) is 0. The average molecular weight is 523 g/mol. The first kappa shape index (κ1) is 22.7. The third-order valence-electron chi connectivity index (χ3n) is 9.34. The topological polar surface area (TPSA) is 9.23 Å². The normalized spacial score (nSPS) is 16.2. The summed E-state index contributed by atoms with van der Waals surface area (Å²) >= 11 is 0. The van der Waals surface area contributed by atoms with Crippen LogP contribution in [0, 0.1) is 0 Å². The van der Waals surface area contributed by atoms with E-state index in [1.165, 1.54) is 60.5 Å². The molecule has 1 nitrogen and oxygen atoms in total. The predicted octanol–water partition coefficient (Wildman–Crippen LogP) is 10.8. The fraction of sp³-hybridized carbons (Fsp3) is 0.0500. The fourth-order valence-corrected chi connectivity index (χ4v) is 7.34. The summed E-state index contributed by atoms with van der Waals surface area (Å²) in [7, 11) is 0. The molecule has 1 aliphatic carbocycles. The minimum absolute atomic E-state index is 0.279. The molecule has 1 heteroatoms. The molecular formula is C40H26O. The molecule has 1 atom stereocenters. The van der Waals surface area contributed by atoms with Gasteiger partial charge in [-0.2, -0.15) is 0 Å². The van der Waals surface area contributed by atoms with Gasteiger partial charge in [0, 0.05) is 21.9 Å². The zero-order chi connectivity index (χ0) is 27.1. The monoisotopic (exact) mass is 522 g/mol. The second kappa shape index (κ2) is 8.19. The molecule has 0 aromatic heterocycles. The summed E-state index contributed by atoms with van der Waals surface area (Å²) in [5, 5.41) is 4.97. The highest BCUT2D eigenvalue weighted by molar-refractivity contribution is 6.08. The Hall–Kier alpha value is -5.14. The van der Waals surface area contributed by atoms with E-state index in [0.717, 1.165) is 22.6 Å². The molecule has 1 aliphatic heterocycles. The maximum atomic E-state index is 6.71. The van der Waals surface area contributed by atoms with Crippen molar-refractivity contribution >= 4 is 21.5 Å². The molecular weight excluding hydrogens is 496 g/mol. The highest BCUT2D eigenvalue weighted by Crippen LogP contribution is 2.56. The van der Waals surface area contributed by atoms with Crippen molar-refractivity contribution in [3.05, 3.63) is 156 Å². The Morgan fingerprint density at radius 1 is 0.512 bits per heavy atom. The van der Waals surface area contributed by atoms with E-state index in [1.807, 2.05) is 0 Å². The number of hydrogen-bond donors (Lipinski definition) is 0. The Labute approximate surface area is 239 Å². The van der Waals surface area contributed by atoms with E-state index in [1.54, 1.807) is 0 Å². The molecule has 7 aromatic rings. The molecule has 7 aromatic carbocycles. The Kier molecular flexibility index (Phi) is 4.52. The van der Waals surface area contributed by atoms with Crippen molar-refractivity contribution in [2.45, 2.75) is 12.3 Å². The van der Waals surface area contributed by atoms with Gasteiger partial charge in [0.1, 0.15) is 11.5 Å². The molecule has 0 spiro atoms. The van der Waals surface area contributed by atoms with Crippen molar-refractivity contribution < 1.29 is 4.74 Å². The Morgan fingerprint density at radius 2 is 1.24 bits per heavy atom. The zero-order valence-corrected chi connectivity index (χ0v) is 22.7. The number of rotatable bonds is 2. The SMILES string of the molecule is CC1(c2ccccc2)c2cc(-c3ccc4cccc5c4c3Oc3ccccc3-5)ccc2-c2c1ccc1ccccc21. The van der Waals surface area contributed by atoms with Crippen molar-refractivity contribution in [1.82, 2.24) is 0 Å². The third-order valence-corrected chi connectivity index (χ3v) is 9.34.